The van der Waals surface area contributed by atoms with Crippen molar-refractivity contribution in [2.45, 2.75) is 51.2 Å². The van der Waals surface area contributed by atoms with Crippen molar-refractivity contribution in [1.29, 1.82) is 0 Å². The molecule has 0 heterocycles. The molecule has 0 aliphatic heterocycles. The second-order valence-electron chi connectivity index (χ2n) is 6.24. The van der Waals surface area contributed by atoms with Crippen LogP contribution in [0.2, 0.25) is 0 Å². The zero-order valence-corrected chi connectivity index (χ0v) is 11.9. The summed E-state index contributed by atoms with van der Waals surface area (Å²) < 4.78 is 0. The molecule has 1 aromatic carbocycles. The summed E-state index contributed by atoms with van der Waals surface area (Å²) >= 11 is 0. The maximum atomic E-state index is 10.4. The Morgan fingerprint density at radius 1 is 1.16 bits per heavy atom. The molecular formula is C17H25NO. The zero-order chi connectivity index (χ0) is 13.2. The number of aliphatic hydroxyl groups excluding tert-OH is 1. The molecule has 3 rings (SSSR count). The molecule has 0 spiro atoms. The zero-order valence-electron chi connectivity index (χ0n) is 11.9. The van der Waals surface area contributed by atoms with Crippen molar-refractivity contribution in [2.24, 2.45) is 5.92 Å². The molecule has 1 N–H and O–H groups in total. The third kappa shape index (κ3) is 3.58. The van der Waals surface area contributed by atoms with E-state index in [-0.39, 0.29) is 6.10 Å². The van der Waals surface area contributed by atoms with Crippen LogP contribution in [-0.2, 0) is 6.42 Å². The number of rotatable bonds is 7. The summed E-state index contributed by atoms with van der Waals surface area (Å²) in [6, 6.07) is 9.21. The van der Waals surface area contributed by atoms with Crippen molar-refractivity contribution in [3.63, 3.8) is 0 Å². The van der Waals surface area contributed by atoms with Gasteiger partial charge in [0.15, 0.2) is 0 Å². The van der Waals surface area contributed by atoms with Gasteiger partial charge in [0, 0.05) is 19.1 Å². The average molecular weight is 259 g/mol. The Balaban J connectivity index is 1.59. The second kappa shape index (κ2) is 5.64. The van der Waals surface area contributed by atoms with Crippen LogP contribution < -0.4 is 0 Å². The van der Waals surface area contributed by atoms with Crippen LogP contribution in [0.1, 0.15) is 49.8 Å². The number of hydrogen-bond donors (Lipinski definition) is 1. The highest BCUT2D eigenvalue weighted by Crippen LogP contribution is 2.35. The van der Waals surface area contributed by atoms with E-state index in [4.69, 9.17) is 0 Å². The van der Waals surface area contributed by atoms with Gasteiger partial charge >= 0.3 is 0 Å². The molecule has 1 atom stereocenters. The van der Waals surface area contributed by atoms with Crippen LogP contribution in [0.5, 0.6) is 0 Å². The minimum Gasteiger partial charge on any atom is -0.387 e. The molecule has 2 aliphatic rings. The summed E-state index contributed by atoms with van der Waals surface area (Å²) in [4.78, 5) is 2.52. The lowest BCUT2D eigenvalue weighted by Gasteiger charge is -2.25. The van der Waals surface area contributed by atoms with Crippen molar-refractivity contribution in [3.8, 4) is 0 Å². The fourth-order valence-corrected chi connectivity index (χ4v) is 2.75. The minimum atomic E-state index is -0.328. The Hall–Kier alpha value is -0.860. The third-order valence-corrected chi connectivity index (χ3v) is 4.43. The molecule has 2 saturated carbocycles. The van der Waals surface area contributed by atoms with Gasteiger partial charge in [0.05, 0.1) is 6.10 Å². The van der Waals surface area contributed by atoms with Gasteiger partial charge in [0.1, 0.15) is 0 Å². The first-order valence-electron chi connectivity index (χ1n) is 7.77. The average Bonchev–Trinajstić information content (AvgIpc) is 3.29. The summed E-state index contributed by atoms with van der Waals surface area (Å²) in [5.41, 5.74) is 2.41. The predicted octanol–water partition coefficient (Wildman–Crippen LogP) is 3.16. The van der Waals surface area contributed by atoms with E-state index in [0.717, 1.165) is 30.5 Å². The predicted molar refractivity (Wildman–Crippen MR) is 78.1 cm³/mol. The number of aliphatic hydroxyl groups is 1. The van der Waals surface area contributed by atoms with Crippen molar-refractivity contribution >= 4 is 0 Å². The SMILES string of the molecule is CCc1ccc(C(O)CN(CC2CC2)C2CC2)cc1. The molecule has 104 valence electrons. The molecule has 2 aliphatic carbocycles. The Morgan fingerprint density at radius 3 is 2.37 bits per heavy atom. The van der Waals surface area contributed by atoms with E-state index < -0.39 is 0 Å². The van der Waals surface area contributed by atoms with E-state index in [0.29, 0.717) is 0 Å². The van der Waals surface area contributed by atoms with Crippen molar-refractivity contribution in [1.82, 2.24) is 4.90 Å². The first-order chi connectivity index (χ1) is 9.26. The van der Waals surface area contributed by atoms with Gasteiger partial charge in [-0.05, 0) is 49.1 Å². The molecule has 2 heteroatoms. The fraction of sp³-hybridized carbons (Fsp3) is 0.647. The molecule has 1 aromatic rings. The van der Waals surface area contributed by atoms with Crippen LogP contribution in [0.25, 0.3) is 0 Å². The molecule has 0 aromatic heterocycles. The largest absolute Gasteiger partial charge is 0.387 e. The van der Waals surface area contributed by atoms with Crippen molar-refractivity contribution in [3.05, 3.63) is 35.4 Å². The molecule has 0 radical (unpaired) electrons. The normalized spacial score (nSPS) is 20.8. The maximum Gasteiger partial charge on any atom is 0.0917 e. The molecule has 19 heavy (non-hydrogen) atoms. The summed E-state index contributed by atoms with van der Waals surface area (Å²) in [5.74, 6) is 0.912. The van der Waals surface area contributed by atoms with Crippen LogP contribution >= 0.6 is 0 Å². The fourth-order valence-electron chi connectivity index (χ4n) is 2.75. The van der Waals surface area contributed by atoms with Gasteiger partial charge in [-0.25, -0.2) is 0 Å². The van der Waals surface area contributed by atoms with Crippen molar-refractivity contribution < 1.29 is 5.11 Å². The first-order valence-corrected chi connectivity index (χ1v) is 7.77. The van der Waals surface area contributed by atoms with Gasteiger partial charge in [0.25, 0.3) is 0 Å². The highest BCUT2D eigenvalue weighted by molar-refractivity contribution is 5.24. The lowest BCUT2D eigenvalue weighted by Crippen LogP contribution is -2.32. The lowest BCUT2D eigenvalue weighted by atomic mass is 10.1. The van der Waals surface area contributed by atoms with E-state index in [2.05, 4.69) is 36.1 Å². The van der Waals surface area contributed by atoms with Crippen molar-refractivity contribution in [2.75, 3.05) is 13.1 Å². The summed E-state index contributed by atoms with van der Waals surface area (Å²) in [5, 5.41) is 10.4. The summed E-state index contributed by atoms with van der Waals surface area (Å²) in [7, 11) is 0. The smallest absolute Gasteiger partial charge is 0.0917 e. The van der Waals surface area contributed by atoms with Gasteiger partial charge in [-0.3, -0.25) is 4.90 Å². The van der Waals surface area contributed by atoms with Gasteiger partial charge in [-0.15, -0.1) is 0 Å². The molecule has 0 bridgehead atoms. The standard InChI is InChI=1S/C17H25NO/c1-2-13-5-7-15(8-6-13)17(19)12-18(16-9-10-16)11-14-3-4-14/h5-8,14,16-17,19H,2-4,9-12H2,1H3. The third-order valence-electron chi connectivity index (χ3n) is 4.43. The Bertz CT molecular complexity index is 406. The second-order valence-corrected chi connectivity index (χ2v) is 6.24. The molecular weight excluding hydrogens is 234 g/mol. The number of hydrogen-bond acceptors (Lipinski definition) is 2. The molecule has 2 nitrogen and oxygen atoms in total. The number of aryl methyl sites for hydroxylation is 1. The summed E-state index contributed by atoms with van der Waals surface area (Å²) in [6.07, 6.45) is 6.18. The molecule has 2 fully saturated rings. The monoisotopic (exact) mass is 259 g/mol. The summed E-state index contributed by atoms with van der Waals surface area (Å²) in [6.45, 7) is 4.18. The van der Waals surface area contributed by atoms with Gasteiger partial charge in [-0.1, -0.05) is 31.2 Å². The van der Waals surface area contributed by atoms with Crippen LogP contribution in [0.3, 0.4) is 0 Å². The van der Waals surface area contributed by atoms with Gasteiger partial charge in [0.2, 0.25) is 0 Å². The van der Waals surface area contributed by atoms with Crippen LogP contribution in [0, 0.1) is 5.92 Å². The number of nitrogens with zero attached hydrogens (tertiary/aromatic N) is 1. The van der Waals surface area contributed by atoms with E-state index in [1.807, 2.05) is 0 Å². The first kappa shape index (κ1) is 13.1. The molecule has 0 amide bonds. The molecule has 0 saturated heterocycles. The Labute approximate surface area is 116 Å². The van der Waals surface area contributed by atoms with E-state index in [1.54, 1.807) is 0 Å². The van der Waals surface area contributed by atoms with Crippen LogP contribution in [0.15, 0.2) is 24.3 Å². The Morgan fingerprint density at radius 2 is 1.84 bits per heavy atom. The maximum absolute atomic E-state index is 10.4. The minimum absolute atomic E-state index is 0.328. The van der Waals surface area contributed by atoms with Gasteiger partial charge in [-0.2, -0.15) is 0 Å². The quantitative estimate of drug-likeness (QED) is 0.813. The lowest BCUT2D eigenvalue weighted by molar-refractivity contribution is 0.106. The van der Waals surface area contributed by atoms with E-state index in [9.17, 15) is 5.11 Å². The Kier molecular flexibility index (Phi) is 3.90. The van der Waals surface area contributed by atoms with E-state index in [1.165, 1.54) is 37.8 Å². The van der Waals surface area contributed by atoms with Crippen LogP contribution in [0.4, 0.5) is 0 Å². The molecule has 1 unspecified atom stereocenters. The van der Waals surface area contributed by atoms with Gasteiger partial charge < -0.3 is 5.11 Å². The van der Waals surface area contributed by atoms with E-state index >= 15 is 0 Å². The highest BCUT2D eigenvalue weighted by Gasteiger charge is 2.34. The van der Waals surface area contributed by atoms with Crippen LogP contribution in [-0.4, -0.2) is 29.1 Å². The number of benzene rings is 1. The highest BCUT2D eigenvalue weighted by atomic mass is 16.3. The topological polar surface area (TPSA) is 23.5 Å².